The van der Waals surface area contributed by atoms with Crippen LogP contribution in [0.25, 0.3) is 0 Å². The van der Waals surface area contributed by atoms with E-state index in [1.807, 2.05) is 6.92 Å². The van der Waals surface area contributed by atoms with Crippen molar-refractivity contribution in [2.45, 2.75) is 24.9 Å². The summed E-state index contributed by atoms with van der Waals surface area (Å²) in [6.07, 6.45) is 4.57. The average molecular weight is 270 g/mol. The highest BCUT2D eigenvalue weighted by atomic mass is 32.2. The standard InChI is InChI=1S/C9H14N6O2S/c1-2-15-6-7(9(10)14-15)18(16,17)13-5-8-11-3-4-12-8/h3-4,6,13H,2,5H2,1H3,(H2,10,14)(H,11,12). The fraction of sp³-hybridized carbons (Fsp3) is 0.333. The number of nitrogens with zero attached hydrogens (tertiary/aromatic N) is 3. The molecule has 0 atom stereocenters. The Bertz CT molecular complexity index is 616. The Morgan fingerprint density at radius 3 is 2.89 bits per heavy atom. The number of rotatable bonds is 5. The smallest absolute Gasteiger partial charge is 0.246 e. The monoisotopic (exact) mass is 270 g/mol. The average Bonchev–Trinajstić information content (AvgIpc) is 2.95. The van der Waals surface area contributed by atoms with Gasteiger partial charge in [0.2, 0.25) is 10.0 Å². The van der Waals surface area contributed by atoms with E-state index in [0.29, 0.717) is 12.4 Å². The van der Waals surface area contributed by atoms with Crippen LogP contribution in [0, 0.1) is 0 Å². The Labute approximate surface area is 104 Å². The van der Waals surface area contributed by atoms with Crippen molar-refractivity contribution < 1.29 is 8.42 Å². The summed E-state index contributed by atoms with van der Waals surface area (Å²) in [5.41, 5.74) is 5.58. The quantitative estimate of drug-likeness (QED) is 0.688. The number of aryl methyl sites for hydroxylation is 1. The van der Waals surface area contributed by atoms with Crippen LogP contribution in [0.15, 0.2) is 23.5 Å². The predicted octanol–water partition coefficient (Wildman–Crippen LogP) is -0.313. The maximum atomic E-state index is 12.0. The molecule has 0 bridgehead atoms. The molecule has 2 aromatic heterocycles. The molecule has 2 aromatic rings. The summed E-state index contributed by atoms with van der Waals surface area (Å²) in [6, 6.07) is 0. The molecule has 4 N–H and O–H groups in total. The lowest BCUT2D eigenvalue weighted by molar-refractivity contribution is 0.579. The van der Waals surface area contributed by atoms with Crippen LogP contribution in [-0.2, 0) is 23.1 Å². The first kappa shape index (κ1) is 12.6. The molecule has 9 heteroatoms. The minimum absolute atomic E-state index is 0.0104. The number of hydrogen-bond acceptors (Lipinski definition) is 5. The third-order valence-corrected chi connectivity index (χ3v) is 3.77. The zero-order valence-electron chi connectivity index (χ0n) is 9.79. The SMILES string of the molecule is CCn1cc(S(=O)(=O)NCc2ncc[nH]2)c(N)n1. The van der Waals surface area contributed by atoms with E-state index < -0.39 is 10.0 Å². The molecule has 0 aliphatic carbocycles. The zero-order chi connectivity index (χ0) is 13.2. The Balaban J connectivity index is 2.17. The Hall–Kier alpha value is -1.87. The highest BCUT2D eigenvalue weighted by Gasteiger charge is 2.20. The van der Waals surface area contributed by atoms with E-state index in [4.69, 9.17) is 5.73 Å². The lowest BCUT2D eigenvalue weighted by Crippen LogP contribution is -2.24. The third-order valence-electron chi connectivity index (χ3n) is 2.35. The lowest BCUT2D eigenvalue weighted by Gasteiger charge is -2.03. The predicted molar refractivity (Wildman–Crippen MR) is 64.9 cm³/mol. The van der Waals surface area contributed by atoms with Gasteiger partial charge in [0.1, 0.15) is 10.7 Å². The van der Waals surface area contributed by atoms with Crippen LogP contribution in [0.1, 0.15) is 12.7 Å². The van der Waals surface area contributed by atoms with Gasteiger partial charge in [0.25, 0.3) is 0 Å². The van der Waals surface area contributed by atoms with E-state index >= 15 is 0 Å². The van der Waals surface area contributed by atoms with Gasteiger partial charge in [0.05, 0.1) is 6.54 Å². The molecular formula is C9H14N6O2S. The van der Waals surface area contributed by atoms with Gasteiger partial charge in [-0.25, -0.2) is 18.1 Å². The Morgan fingerprint density at radius 1 is 1.56 bits per heavy atom. The van der Waals surface area contributed by atoms with Gasteiger partial charge in [-0.3, -0.25) is 4.68 Å². The molecule has 0 aliphatic heterocycles. The van der Waals surface area contributed by atoms with Gasteiger partial charge in [0, 0.05) is 25.1 Å². The van der Waals surface area contributed by atoms with Crippen LogP contribution in [-0.4, -0.2) is 28.2 Å². The van der Waals surface area contributed by atoms with Crippen molar-refractivity contribution in [3.63, 3.8) is 0 Å². The van der Waals surface area contributed by atoms with Crippen LogP contribution < -0.4 is 10.5 Å². The topological polar surface area (TPSA) is 119 Å². The van der Waals surface area contributed by atoms with Gasteiger partial charge >= 0.3 is 0 Å². The van der Waals surface area contributed by atoms with Crippen molar-refractivity contribution in [2.75, 3.05) is 5.73 Å². The second-order valence-electron chi connectivity index (χ2n) is 3.59. The maximum absolute atomic E-state index is 12.0. The number of nitrogens with two attached hydrogens (primary N) is 1. The largest absolute Gasteiger partial charge is 0.381 e. The summed E-state index contributed by atoms with van der Waals surface area (Å²) in [4.78, 5) is 6.71. The minimum Gasteiger partial charge on any atom is -0.381 e. The number of aromatic nitrogens is 4. The number of sulfonamides is 1. The van der Waals surface area contributed by atoms with E-state index in [9.17, 15) is 8.42 Å². The molecule has 0 fully saturated rings. The van der Waals surface area contributed by atoms with Crippen molar-refractivity contribution in [3.05, 3.63) is 24.4 Å². The van der Waals surface area contributed by atoms with Crippen LogP contribution in [0.5, 0.6) is 0 Å². The lowest BCUT2D eigenvalue weighted by atomic mass is 10.6. The molecule has 0 aromatic carbocycles. The fourth-order valence-electron chi connectivity index (χ4n) is 1.42. The van der Waals surface area contributed by atoms with Gasteiger partial charge in [-0.2, -0.15) is 5.10 Å². The van der Waals surface area contributed by atoms with Crippen LogP contribution in [0.2, 0.25) is 0 Å². The summed E-state index contributed by atoms with van der Waals surface area (Å²) in [5.74, 6) is 0.517. The number of nitrogen functional groups attached to an aromatic ring is 1. The fourth-order valence-corrected chi connectivity index (χ4v) is 2.48. The van der Waals surface area contributed by atoms with E-state index in [0.717, 1.165) is 0 Å². The Kier molecular flexibility index (Phi) is 3.34. The van der Waals surface area contributed by atoms with E-state index in [1.54, 1.807) is 12.4 Å². The molecule has 8 nitrogen and oxygen atoms in total. The molecule has 2 rings (SSSR count). The molecule has 98 valence electrons. The van der Waals surface area contributed by atoms with Gasteiger partial charge in [0.15, 0.2) is 5.82 Å². The summed E-state index contributed by atoms with van der Waals surface area (Å²) >= 11 is 0. The molecule has 18 heavy (non-hydrogen) atoms. The summed E-state index contributed by atoms with van der Waals surface area (Å²) in [7, 11) is -3.67. The van der Waals surface area contributed by atoms with Crippen molar-refractivity contribution in [2.24, 2.45) is 0 Å². The molecule has 0 saturated heterocycles. The number of nitrogens with one attached hydrogen (secondary N) is 2. The molecule has 0 saturated carbocycles. The molecule has 0 radical (unpaired) electrons. The first-order valence-electron chi connectivity index (χ1n) is 5.33. The minimum atomic E-state index is -3.67. The van der Waals surface area contributed by atoms with Gasteiger partial charge in [-0.15, -0.1) is 0 Å². The van der Waals surface area contributed by atoms with E-state index in [2.05, 4.69) is 19.8 Å². The first-order valence-corrected chi connectivity index (χ1v) is 6.82. The van der Waals surface area contributed by atoms with E-state index in [-0.39, 0.29) is 17.3 Å². The number of aromatic amines is 1. The van der Waals surface area contributed by atoms with Crippen molar-refractivity contribution in [3.8, 4) is 0 Å². The number of imidazole rings is 1. The van der Waals surface area contributed by atoms with Crippen molar-refractivity contribution >= 4 is 15.8 Å². The first-order chi connectivity index (χ1) is 8.53. The molecular weight excluding hydrogens is 256 g/mol. The van der Waals surface area contributed by atoms with Crippen LogP contribution >= 0.6 is 0 Å². The van der Waals surface area contributed by atoms with E-state index in [1.165, 1.54) is 10.9 Å². The number of hydrogen-bond donors (Lipinski definition) is 3. The number of H-pyrrole nitrogens is 1. The summed E-state index contributed by atoms with van der Waals surface area (Å²) in [5, 5.41) is 3.89. The van der Waals surface area contributed by atoms with Crippen LogP contribution in [0.3, 0.4) is 0 Å². The highest BCUT2D eigenvalue weighted by Crippen LogP contribution is 2.15. The zero-order valence-corrected chi connectivity index (χ0v) is 10.6. The molecule has 0 unspecified atom stereocenters. The molecule has 0 aliphatic rings. The van der Waals surface area contributed by atoms with Crippen molar-refractivity contribution in [1.82, 2.24) is 24.5 Å². The third kappa shape index (κ3) is 2.51. The normalized spacial score (nSPS) is 11.8. The number of anilines is 1. The van der Waals surface area contributed by atoms with Crippen molar-refractivity contribution in [1.29, 1.82) is 0 Å². The Morgan fingerprint density at radius 2 is 2.33 bits per heavy atom. The second-order valence-corrected chi connectivity index (χ2v) is 5.33. The summed E-state index contributed by atoms with van der Waals surface area (Å²) < 4.78 is 27.9. The van der Waals surface area contributed by atoms with Gasteiger partial charge in [-0.05, 0) is 6.92 Å². The molecule has 0 spiro atoms. The van der Waals surface area contributed by atoms with Gasteiger partial charge < -0.3 is 10.7 Å². The maximum Gasteiger partial charge on any atom is 0.246 e. The van der Waals surface area contributed by atoms with Crippen LogP contribution in [0.4, 0.5) is 5.82 Å². The molecule has 2 heterocycles. The highest BCUT2D eigenvalue weighted by molar-refractivity contribution is 7.89. The summed E-state index contributed by atoms with van der Waals surface area (Å²) in [6.45, 7) is 2.48. The second kappa shape index (κ2) is 4.78. The van der Waals surface area contributed by atoms with Gasteiger partial charge in [-0.1, -0.05) is 0 Å². The molecule has 0 amide bonds.